The first-order chi connectivity index (χ1) is 9.61. The fourth-order valence-electron chi connectivity index (χ4n) is 1.99. The van der Waals surface area contributed by atoms with Crippen molar-refractivity contribution >= 4 is 5.78 Å². The molecule has 0 amide bonds. The molecule has 1 atom stereocenters. The second-order valence-corrected chi connectivity index (χ2v) is 5.37. The third-order valence-corrected chi connectivity index (χ3v) is 3.20. The summed E-state index contributed by atoms with van der Waals surface area (Å²) in [6.45, 7) is 6.74. The highest BCUT2D eigenvalue weighted by Crippen LogP contribution is 2.08. The number of ketones is 1. The van der Waals surface area contributed by atoms with Gasteiger partial charge in [-0.15, -0.1) is 0 Å². The molecule has 0 heterocycles. The summed E-state index contributed by atoms with van der Waals surface area (Å²) in [4.78, 5) is 12.1. The van der Waals surface area contributed by atoms with E-state index in [1.165, 1.54) is 12.0 Å². The summed E-state index contributed by atoms with van der Waals surface area (Å²) in [6.07, 6.45) is 6.41. The Labute approximate surface area is 122 Å². The van der Waals surface area contributed by atoms with Crippen molar-refractivity contribution in [3.05, 3.63) is 47.5 Å². The highest BCUT2D eigenvalue weighted by atomic mass is 16.5. The number of benzene rings is 1. The van der Waals surface area contributed by atoms with Crippen LogP contribution in [-0.4, -0.2) is 18.5 Å². The topological polar surface area (TPSA) is 26.3 Å². The molecule has 1 aromatic carbocycles. The Bertz CT molecular complexity index is 416. The average molecular weight is 274 g/mol. The Balaban J connectivity index is 2.16. The first kappa shape index (κ1) is 16.6. The van der Waals surface area contributed by atoms with Gasteiger partial charge in [-0.05, 0) is 40.0 Å². The van der Waals surface area contributed by atoms with Crippen molar-refractivity contribution in [1.29, 1.82) is 0 Å². The second-order valence-electron chi connectivity index (χ2n) is 5.37. The maximum Gasteiger partial charge on any atom is 0.191 e. The summed E-state index contributed by atoms with van der Waals surface area (Å²) in [7, 11) is 0. The minimum Gasteiger partial charge on any atom is -0.370 e. The predicted octanol–water partition coefficient (Wildman–Crippen LogP) is 4.80. The minimum absolute atomic E-state index is 0.0649. The molecule has 1 aromatic rings. The van der Waals surface area contributed by atoms with Crippen LogP contribution in [0.15, 0.2) is 42.0 Å². The van der Waals surface area contributed by atoms with Crippen LogP contribution in [0.2, 0.25) is 0 Å². The van der Waals surface area contributed by atoms with Crippen LogP contribution in [0.25, 0.3) is 0 Å². The third kappa shape index (κ3) is 6.67. The summed E-state index contributed by atoms with van der Waals surface area (Å²) in [5.74, 6) is 0.0649. The van der Waals surface area contributed by atoms with E-state index in [1.807, 2.05) is 37.3 Å². The molecule has 0 aliphatic heterocycles. The molecule has 0 radical (unpaired) electrons. The minimum atomic E-state index is -0.352. The van der Waals surface area contributed by atoms with E-state index >= 15 is 0 Å². The van der Waals surface area contributed by atoms with Gasteiger partial charge in [0, 0.05) is 12.2 Å². The van der Waals surface area contributed by atoms with E-state index in [-0.39, 0.29) is 11.9 Å². The van der Waals surface area contributed by atoms with Crippen molar-refractivity contribution in [2.75, 3.05) is 6.61 Å². The van der Waals surface area contributed by atoms with Crippen LogP contribution in [-0.2, 0) is 4.74 Å². The molecule has 2 heteroatoms. The predicted molar refractivity (Wildman–Crippen MR) is 84.1 cm³/mol. The Hall–Kier alpha value is -1.41. The van der Waals surface area contributed by atoms with Crippen LogP contribution in [0.4, 0.5) is 0 Å². The Morgan fingerprint density at radius 2 is 1.85 bits per heavy atom. The van der Waals surface area contributed by atoms with Gasteiger partial charge in [0.25, 0.3) is 0 Å². The quantitative estimate of drug-likeness (QED) is 0.367. The van der Waals surface area contributed by atoms with E-state index in [4.69, 9.17) is 4.74 Å². The van der Waals surface area contributed by atoms with Crippen molar-refractivity contribution in [3.63, 3.8) is 0 Å². The first-order valence-corrected chi connectivity index (χ1v) is 7.45. The lowest BCUT2D eigenvalue weighted by Gasteiger charge is -2.11. The number of hydrogen-bond donors (Lipinski definition) is 0. The van der Waals surface area contributed by atoms with E-state index < -0.39 is 0 Å². The van der Waals surface area contributed by atoms with E-state index in [0.717, 1.165) is 24.8 Å². The number of allylic oxidation sites excluding steroid dienone is 2. The molecule has 1 unspecified atom stereocenters. The Morgan fingerprint density at radius 1 is 1.15 bits per heavy atom. The lowest BCUT2D eigenvalue weighted by molar-refractivity contribution is 0.0464. The smallest absolute Gasteiger partial charge is 0.191 e. The van der Waals surface area contributed by atoms with E-state index in [0.29, 0.717) is 6.61 Å². The lowest BCUT2D eigenvalue weighted by atomic mass is 10.1. The van der Waals surface area contributed by atoms with Crippen LogP contribution in [0.1, 0.15) is 56.8 Å². The SMILES string of the molecule is CC(C)=CCCCCCOC(C)C(=O)c1ccccc1. The molecule has 0 bridgehead atoms. The molecule has 0 saturated carbocycles. The molecule has 2 nitrogen and oxygen atoms in total. The second kappa shape index (κ2) is 9.49. The molecular weight excluding hydrogens is 248 g/mol. The number of unbranched alkanes of at least 4 members (excludes halogenated alkanes) is 3. The van der Waals surface area contributed by atoms with Gasteiger partial charge < -0.3 is 4.74 Å². The molecule has 1 rings (SSSR count). The van der Waals surface area contributed by atoms with Crippen LogP contribution in [0.5, 0.6) is 0 Å². The van der Waals surface area contributed by atoms with Crippen molar-refractivity contribution in [1.82, 2.24) is 0 Å². The molecule has 0 aromatic heterocycles. The molecule has 0 saturated heterocycles. The maximum absolute atomic E-state index is 12.1. The zero-order chi connectivity index (χ0) is 14.8. The van der Waals surface area contributed by atoms with Crippen molar-refractivity contribution in [2.45, 2.75) is 52.6 Å². The molecule has 0 N–H and O–H groups in total. The standard InChI is InChI=1S/C18H26O2/c1-15(2)11-7-4-5-10-14-20-16(3)18(19)17-12-8-6-9-13-17/h6,8-9,11-13,16H,4-5,7,10,14H2,1-3H3. The van der Waals surface area contributed by atoms with Crippen LogP contribution < -0.4 is 0 Å². The third-order valence-electron chi connectivity index (χ3n) is 3.20. The van der Waals surface area contributed by atoms with Gasteiger partial charge >= 0.3 is 0 Å². The monoisotopic (exact) mass is 274 g/mol. The van der Waals surface area contributed by atoms with Crippen LogP contribution in [0, 0.1) is 0 Å². The molecular formula is C18H26O2. The highest BCUT2D eigenvalue weighted by Gasteiger charge is 2.14. The van der Waals surface area contributed by atoms with Gasteiger partial charge in [0.2, 0.25) is 0 Å². The molecule has 20 heavy (non-hydrogen) atoms. The molecule has 110 valence electrons. The van der Waals surface area contributed by atoms with Gasteiger partial charge in [0.1, 0.15) is 6.10 Å². The summed E-state index contributed by atoms with van der Waals surface area (Å²) >= 11 is 0. The molecule has 0 aliphatic rings. The average Bonchev–Trinajstić information content (AvgIpc) is 2.45. The van der Waals surface area contributed by atoms with Gasteiger partial charge in [-0.25, -0.2) is 0 Å². The fraction of sp³-hybridized carbons (Fsp3) is 0.500. The molecule has 0 aliphatic carbocycles. The van der Waals surface area contributed by atoms with Crippen molar-refractivity contribution in [3.8, 4) is 0 Å². The summed E-state index contributed by atoms with van der Waals surface area (Å²) in [5, 5.41) is 0. The number of ether oxygens (including phenoxy) is 1. The number of rotatable bonds is 9. The Morgan fingerprint density at radius 3 is 2.50 bits per heavy atom. The molecule has 0 fully saturated rings. The van der Waals surface area contributed by atoms with Gasteiger partial charge in [0.05, 0.1) is 0 Å². The zero-order valence-corrected chi connectivity index (χ0v) is 12.9. The van der Waals surface area contributed by atoms with Crippen molar-refractivity contribution < 1.29 is 9.53 Å². The van der Waals surface area contributed by atoms with E-state index in [1.54, 1.807) is 0 Å². The highest BCUT2D eigenvalue weighted by molar-refractivity contribution is 5.99. The largest absolute Gasteiger partial charge is 0.370 e. The first-order valence-electron chi connectivity index (χ1n) is 7.45. The zero-order valence-electron chi connectivity index (χ0n) is 12.9. The summed E-state index contributed by atoms with van der Waals surface area (Å²) in [5.41, 5.74) is 2.10. The Kier molecular flexibility index (Phi) is 7.89. The number of hydrogen-bond acceptors (Lipinski definition) is 2. The lowest BCUT2D eigenvalue weighted by Crippen LogP contribution is -2.21. The van der Waals surface area contributed by atoms with Gasteiger partial charge in [0.15, 0.2) is 5.78 Å². The van der Waals surface area contributed by atoms with Crippen molar-refractivity contribution in [2.24, 2.45) is 0 Å². The number of carbonyl (C=O) groups excluding carboxylic acids is 1. The summed E-state index contributed by atoms with van der Waals surface area (Å²) in [6, 6.07) is 9.34. The molecule has 0 spiro atoms. The normalized spacial score (nSPS) is 11.9. The van der Waals surface area contributed by atoms with Gasteiger partial charge in [-0.2, -0.15) is 0 Å². The van der Waals surface area contributed by atoms with E-state index in [9.17, 15) is 4.79 Å². The van der Waals surface area contributed by atoms with Crippen LogP contribution >= 0.6 is 0 Å². The van der Waals surface area contributed by atoms with Gasteiger partial charge in [-0.3, -0.25) is 4.79 Å². The number of carbonyl (C=O) groups is 1. The summed E-state index contributed by atoms with van der Waals surface area (Å²) < 4.78 is 5.62. The number of Topliss-reactive ketones (excluding diaryl/α,β-unsaturated/α-hetero) is 1. The maximum atomic E-state index is 12.1. The van der Waals surface area contributed by atoms with Gasteiger partial charge in [-0.1, -0.05) is 48.4 Å². The van der Waals surface area contributed by atoms with Crippen LogP contribution in [0.3, 0.4) is 0 Å². The fourth-order valence-corrected chi connectivity index (χ4v) is 1.99. The van der Waals surface area contributed by atoms with E-state index in [2.05, 4.69) is 19.9 Å².